The van der Waals surface area contributed by atoms with Gasteiger partial charge in [0.15, 0.2) is 0 Å². The number of rotatable bonds is 14. The van der Waals surface area contributed by atoms with Gasteiger partial charge in [-0.05, 0) is 26.7 Å². The van der Waals surface area contributed by atoms with Crippen LogP contribution in [0.1, 0.15) is 26.7 Å². The van der Waals surface area contributed by atoms with Crippen molar-refractivity contribution in [3.8, 4) is 0 Å². The van der Waals surface area contributed by atoms with E-state index in [0.717, 1.165) is 11.8 Å². The van der Waals surface area contributed by atoms with E-state index in [1.54, 1.807) is 0 Å². The molecule has 0 spiro atoms. The third-order valence-electron chi connectivity index (χ3n) is 5.50. The molecule has 1 fully saturated rings. The van der Waals surface area contributed by atoms with Gasteiger partial charge in [-0.15, -0.1) is 0 Å². The van der Waals surface area contributed by atoms with Crippen LogP contribution in [-0.2, 0) is 33.1 Å². The van der Waals surface area contributed by atoms with E-state index in [4.69, 9.17) is 15.5 Å². The number of phosphoric ester groups is 1. The second kappa shape index (κ2) is 14.5. The van der Waals surface area contributed by atoms with E-state index in [2.05, 4.69) is 15.2 Å². The molecule has 18 nitrogen and oxygen atoms in total. The summed E-state index contributed by atoms with van der Waals surface area (Å²) >= 11 is 0. The number of carboxylic acid groups (broad SMARTS) is 1. The number of likely N-dealkylation sites (tertiary alicyclic amines) is 1. The van der Waals surface area contributed by atoms with Gasteiger partial charge >= 0.3 is 13.8 Å². The molecule has 0 bridgehead atoms. The second-order valence-corrected chi connectivity index (χ2v) is 9.86. The Bertz CT molecular complexity index is 927. The van der Waals surface area contributed by atoms with E-state index >= 15 is 0 Å². The first kappa shape index (κ1) is 33.3. The van der Waals surface area contributed by atoms with E-state index < -0.39 is 93.1 Å². The Morgan fingerprint density at radius 1 is 1.00 bits per heavy atom. The molecule has 0 aromatic rings. The zero-order valence-electron chi connectivity index (χ0n) is 20.6. The third-order valence-corrected chi connectivity index (χ3v) is 5.99. The summed E-state index contributed by atoms with van der Waals surface area (Å²) in [6, 6.07) is -7.92. The molecule has 19 heteroatoms. The number of aliphatic hydroxyl groups is 3. The van der Waals surface area contributed by atoms with Crippen LogP contribution < -0.4 is 21.7 Å². The molecule has 1 aliphatic heterocycles. The van der Waals surface area contributed by atoms with E-state index in [-0.39, 0.29) is 13.0 Å². The van der Waals surface area contributed by atoms with E-state index in [9.17, 15) is 49.0 Å². The molecule has 0 aromatic carbocycles. The summed E-state index contributed by atoms with van der Waals surface area (Å²) < 4.78 is 14.9. The van der Waals surface area contributed by atoms with Crippen molar-refractivity contribution in [3.05, 3.63) is 0 Å². The van der Waals surface area contributed by atoms with Gasteiger partial charge in [0.2, 0.25) is 23.6 Å². The standard InChI is InChI=1S/C19H34N5O13P/c1-8(26)13(22-15(28)10(20)7-37-38(34,35)36)17(30)21-11(6-25)16(29)23-14(9(2)27)18(31)24-5-3-4-12(24)19(32)33/h8-14,25-27H,3-7,20H2,1-2H3,(H,21,30)(H,22,28)(H,23,29)(H,32,33)(H2,34,35,36)/t8-,9-,10+,11+,12+,13+,14+/m1/s1. The van der Waals surface area contributed by atoms with Crippen LogP contribution in [0.5, 0.6) is 0 Å². The number of nitrogens with two attached hydrogens (primary N) is 1. The fourth-order valence-corrected chi connectivity index (χ4v) is 3.84. The number of hydrogen-bond donors (Lipinski definition) is 10. The minimum atomic E-state index is -4.94. The van der Waals surface area contributed by atoms with E-state index in [0.29, 0.717) is 6.42 Å². The highest BCUT2D eigenvalue weighted by Gasteiger charge is 2.40. The van der Waals surface area contributed by atoms with Crippen molar-refractivity contribution in [3.63, 3.8) is 0 Å². The minimum Gasteiger partial charge on any atom is -0.480 e. The lowest BCUT2D eigenvalue weighted by molar-refractivity contribution is -0.151. The number of phosphoric acid groups is 1. The van der Waals surface area contributed by atoms with E-state index in [1.807, 2.05) is 5.32 Å². The molecule has 218 valence electrons. The molecule has 1 aliphatic rings. The molecule has 0 saturated carbocycles. The van der Waals surface area contributed by atoms with Gasteiger partial charge in [0.1, 0.15) is 30.2 Å². The number of hydrogen-bond acceptors (Lipinski definition) is 11. The normalized spacial score (nSPS) is 20.4. The first-order chi connectivity index (χ1) is 17.5. The van der Waals surface area contributed by atoms with Crippen LogP contribution >= 0.6 is 7.82 Å². The summed E-state index contributed by atoms with van der Waals surface area (Å²) in [4.78, 5) is 80.1. The smallest absolute Gasteiger partial charge is 0.469 e. The molecule has 1 saturated heterocycles. The van der Waals surface area contributed by atoms with Gasteiger partial charge in [-0.1, -0.05) is 0 Å². The Kier molecular flexibility index (Phi) is 12.7. The van der Waals surface area contributed by atoms with Crippen molar-refractivity contribution in [1.29, 1.82) is 0 Å². The highest BCUT2D eigenvalue weighted by Crippen LogP contribution is 2.35. The first-order valence-electron chi connectivity index (χ1n) is 11.4. The Labute approximate surface area is 216 Å². The van der Waals surface area contributed by atoms with Crippen molar-refractivity contribution < 1.29 is 63.3 Å². The Morgan fingerprint density at radius 3 is 2.03 bits per heavy atom. The summed E-state index contributed by atoms with van der Waals surface area (Å²) in [6.45, 7) is 0.384. The second-order valence-electron chi connectivity index (χ2n) is 8.62. The van der Waals surface area contributed by atoms with Gasteiger partial charge in [0, 0.05) is 6.54 Å². The molecular weight excluding hydrogens is 537 g/mol. The summed E-state index contributed by atoms with van der Waals surface area (Å²) in [7, 11) is -4.94. The summed E-state index contributed by atoms with van der Waals surface area (Å²) in [6.07, 6.45) is -2.50. The summed E-state index contributed by atoms with van der Waals surface area (Å²) in [5, 5.41) is 45.1. The highest BCUT2D eigenvalue weighted by molar-refractivity contribution is 7.46. The molecule has 0 unspecified atom stereocenters. The minimum absolute atomic E-state index is 0.0756. The zero-order valence-corrected chi connectivity index (χ0v) is 21.5. The maximum absolute atomic E-state index is 12.9. The molecular formula is C19H34N5O13P. The molecule has 1 heterocycles. The van der Waals surface area contributed by atoms with Crippen molar-refractivity contribution in [2.75, 3.05) is 19.8 Å². The number of amides is 4. The number of nitrogens with one attached hydrogen (secondary N) is 3. The molecule has 11 N–H and O–H groups in total. The average molecular weight is 571 g/mol. The fourth-order valence-electron chi connectivity index (χ4n) is 3.48. The highest BCUT2D eigenvalue weighted by atomic mass is 31.2. The maximum atomic E-state index is 12.9. The van der Waals surface area contributed by atoms with Gasteiger partial charge in [-0.25, -0.2) is 9.36 Å². The fraction of sp³-hybridized carbons (Fsp3) is 0.737. The Balaban J connectivity index is 2.90. The number of aliphatic carboxylic acids is 1. The Morgan fingerprint density at radius 2 is 1.55 bits per heavy atom. The van der Waals surface area contributed by atoms with Crippen molar-refractivity contribution in [1.82, 2.24) is 20.9 Å². The zero-order chi connectivity index (χ0) is 29.4. The lowest BCUT2D eigenvalue weighted by Gasteiger charge is -2.30. The van der Waals surface area contributed by atoms with Gasteiger partial charge < -0.3 is 56.8 Å². The lowest BCUT2D eigenvalue weighted by Crippen LogP contribution is -2.62. The van der Waals surface area contributed by atoms with Crippen molar-refractivity contribution >= 4 is 37.4 Å². The quantitative estimate of drug-likeness (QED) is 0.0871. The van der Waals surface area contributed by atoms with Crippen LogP contribution in [0, 0.1) is 0 Å². The maximum Gasteiger partial charge on any atom is 0.469 e. The van der Waals surface area contributed by atoms with Crippen LogP contribution in [0.15, 0.2) is 0 Å². The van der Waals surface area contributed by atoms with Crippen molar-refractivity contribution in [2.24, 2.45) is 5.73 Å². The van der Waals surface area contributed by atoms with Crippen LogP contribution in [0.4, 0.5) is 0 Å². The molecule has 4 amide bonds. The molecule has 0 radical (unpaired) electrons. The summed E-state index contributed by atoms with van der Waals surface area (Å²) in [5.41, 5.74) is 5.45. The largest absolute Gasteiger partial charge is 0.480 e. The number of aliphatic hydroxyl groups excluding tert-OH is 3. The monoisotopic (exact) mass is 571 g/mol. The molecule has 1 rings (SSSR count). The number of carbonyl (C=O) groups excluding carboxylic acids is 4. The molecule has 7 atom stereocenters. The van der Waals surface area contributed by atoms with Crippen LogP contribution in [0.25, 0.3) is 0 Å². The third kappa shape index (κ3) is 9.88. The van der Waals surface area contributed by atoms with Crippen LogP contribution in [0.2, 0.25) is 0 Å². The Hall–Kier alpha value is -2.70. The van der Waals surface area contributed by atoms with Crippen molar-refractivity contribution in [2.45, 2.75) is 69.1 Å². The average Bonchev–Trinajstić information content (AvgIpc) is 3.31. The molecule has 0 aliphatic carbocycles. The predicted molar refractivity (Wildman–Crippen MR) is 125 cm³/mol. The van der Waals surface area contributed by atoms with Gasteiger partial charge in [-0.2, -0.15) is 0 Å². The van der Waals surface area contributed by atoms with Crippen LogP contribution in [-0.4, -0.2) is 127 Å². The lowest BCUT2D eigenvalue weighted by atomic mass is 10.1. The molecule has 0 aromatic heterocycles. The molecule has 38 heavy (non-hydrogen) atoms. The SMILES string of the molecule is C[C@@H](O)[C@H](NC(=O)[C@@H](N)COP(=O)(O)O)C(=O)N[C@@H](CO)C(=O)N[C@H](C(=O)N1CCC[C@H]1C(=O)O)[C@@H](C)O. The number of carboxylic acids is 1. The van der Waals surface area contributed by atoms with Gasteiger partial charge in [-0.3, -0.25) is 23.7 Å². The van der Waals surface area contributed by atoms with E-state index in [1.165, 1.54) is 6.92 Å². The van der Waals surface area contributed by atoms with Gasteiger partial charge in [0.05, 0.1) is 25.4 Å². The number of carbonyl (C=O) groups is 5. The topological polar surface area (TPSA) is 298 Å². The van der Waals surface area contributed by atoms with Gasteiger partial charge in [0.25, 0.3) is 0 Å². The summed E-state index contributed by atoms with van der Waals surface area (Å²) in [5.74, 6) is -5.62. The first-order valence-corrected chi connectivity index (χ1v) is 12.9. The number of nitrogens with zero attached hydrogens (tertiary/aromatic N) is 1. The predicted octanol–water partition coefficient (Wildman–Crippen LogP) is -5.29. The van der Waals surface area contributed by atoms with Crippen LogP contribution in [0.3, 0.4) is 0 Å².